The van der Waals surface area contributed by atoms with E-state index in [1.807, 2.05) is 73.7 Å². The van der Waals surface area contributed by atoms with Gasteiger partial charge in [0.05, 0.1) is 6.42 Å². The Morgan fingerprint density at radius 3 is 2.29 bits per heavy atom. The van der Waals surface area contributed by atoms with Crippen molar-refractivity contribution in [2.75, 3.05) is 0 Å². The van der Waals surface area contributed by atoms with Gasteiger partial charge >= 0.3 is 0 Å². The van der Waals surface area contributed by atoms with E-state index in [-0.39, 0.29) is 24.3 Å². The average molecular weight is 469 g/mol. The summed E-state index contributed by atoms with van der Waals surface area (Å²) in [4.78, 5) is 29.4. The van der Waals surface area contributed by atoms with Gasteiger partial charge in [0.15, 0.2) is 0 Å². The van der Waals surface area contributed by atoms with Crippen molar-refractivity contribution in [3.63, 3.8) is 0 Å². The number of hydrogen-bond donors (Lipinski definition) is 1. The molecular formula is C31H36N2O2. The van der Waals surface area contributed by atoms with E-state index >= 15 is 0 Å². The summed E-state index contributed by atoms with van der Waals surface area (Å²) < 4.78 is 0. The van der Waals surface area contributed by atoms with Crippen molar-refractivity contribution in [3.05, 3.63) is 107 Å². The number of rotatable bonds is 9. The number of carbonyl (C=O) groups excluding carboxylic acids is 2. The highest BCUT2D eigenvalue weighted by Gasteiger charge is 2.32. The van der Waals surface area contributed by atoms with Crippen LogP contribution in [0, 0.1) is 13.8 Å². The molecule has 0 heterocycles. The molecule has 4 heteroatoms. The van der Waals surface area contributed by atoms with Gasteiger partial charge in [-0.25, -0.2) is 0 Å². The molecular weight excluding hydrogens is 432 g/mol. The number of benzene rings is 3. The minimum atomic E-state index is -0.574. The molecule has 0 saturated heterocycles. The first-order valence-corrected chi connectivity index (χ1v) is 12.7. The van der Waals surface area contributed by atoms with Crippen molar-refractivity contribution in [2.45, 2.75) is 71.0 Å². The summed E-state index contributed by atoms with van der Waals surface area (Å²) in [6.07, 6.45) is 5.09. The SMILES string of the molecule is Cc1cccc(CN(C(=O)Cc2ccccc2C)C(Cc2ccccc2)C(=O)NC2CCCC2)c1. The molecule has 0 bridgehead atoms. The predicted octanol–water partition coefficient (Wildman–Crippen LogP) is 5.54. The van der Waals surface area contributed by atoms with Gasteiger partial charge in [0.1, 0.15) is 6.04 Å². The number of nitrogens with one attached hydrogen (secondary N) is 1. The van der Waals surface area contributed by atoms with Gasteiger partial charge in [-0.2, -0.15) is 0 Å². The van der Waals surface area contributed by atoms with Gasteiger partial charge in [-0.3, -0.25) is 9.59 Å². The Bertz CT molecular complexity index is 1140. The topological polar surface area (TPSA) is 49.4 Å². The van der Waals surface area contributed by atoms with Gasteiger partial charge in [0, 0.05) is 19.0 Å². The molecule has 0 spiro atoms. The fourth-order valence-electron chi connectivity index (χ4n) is 5.00. The van der Waals surface area contributed by atoms with Gasteiger partial charge in [-0.05, 0) is 48.9 Å². The number of hydrogen-bond acceptors (Lipinski definition) is 2. The maximum absolute atomic E-state index is 13.9. The van der Waals surface area contributed by atoms with Crippen LogP contribution in [0.4, 0.5) is 0 Å². The molecule has 0 radical (unpaired) electrons. The zero-order chi connectivity index (χ0) is 24.6. The van der Waals surface area contributed by atoms with Crippen molar-refractivity contribution >= 4 is 11.8 Å². The van der Waals surface area contributed by atoms with Gasteiger partial charge in [0.2, 0.25) is 11.8 Å². The van der Waals surface area contributed by atoms with Crippen molar-refractivity contribution in [2.24, 2.45) is 0 Å². The second-order valence-corrected chi connectivity index (χ2v) is 9.81. The molecule has 0 aliphatic heterocycles. The monoisotopic (exact) mass is 468 g/mol. The molecule has 0 aromatic heterocycles. The van der Waals surface area contributed by atoms with E-state index in [0.29, 0.717) is 13.0 Å². The van der Waals surface area contributed by atoms with Crippen molar-refractivity contribution in [1.82, 2.24) is 10.2 Å². The van der Waals surface area contributed by atoms with E-state index in [1.54, 1.807) is 4.90 Å². The minimum Gasteiger partial charge on any atom is -0.352 e. The molecule has 3 aromatic rings. The Labute approximate surface area is 209 Å². The standard InChI is InChI=1S/C31H36N2O2/c1-23-11-10-15-26(19-23)22-33(30(34)21-27-16-7-6-12-24(27)2)29(20-25-13-4-3-5-14-25)31(35)32-28-17-8-9-18-28/h3-7,10-16,19,28-29H,8-9,17-18,20-22H2,1-2H3,(H,32,35). The first-order valence-electron chi connectivity index (χ1n) is 12.7. The van der Waals surface area contributed by atoms with Crippen LogP contribution in [-0.4, -0.2) is 28.8 Å². The molecule has 2 amide bonds. The van der Waals surface area contributed by atoms with Crippen LogP contribution in [-0.2, 0) is 29.0 Å². The quantitative estimate of drug-likeness (QED) is 0.448. The van der Waals surface area contributed by atoms with Crippen LogP contribution < -0.4 is 5.32 Å². The summed E-state index contributed by atoms with van der Waals surface area (Å²) in [6, 6.07) is 25.8. The molecule has 1 fully saturated rings. The molecule has 1 aliphatic carbocycles. The van der Waals surface area contributed by atoms with E-state index in [1.165, 1.54) is 0 Å². The zero-order valence-electron chi connectivity index (χ0n) is 20.9. The number of carbonyl (C=O) groups is 2. The van der Waals surface area contributed by atoms with Crippen LogP contribution in [0.2, 0.25) is 0 Å². The molecule has 3 aromatic carbocycles. The van der Waals surface area contributed by atoms with Crippen LogP contribution in [0.15, 0.2) is 78.9 Å². The highest BCUT2D eigenvalue weighted by Crippen LogP contribution is 2.21. The molecule has 182 valence electrons. The van der Waals surface area contributed by atoms with Crippen molar-refractivity contribution < 1.29 is 9.59 Å². The third kappa shape index (κ3) is 6.82. The zero-order valence-corrected chi connectivity index (χ0v) is 20.9. The molecule has 1 atom stereocenters. The fraction of sp³-hybridized carbons (Fsp3) is 0.355. The molecule has 1 N–H and O–H groups in total. The maximum atomic E-state index is 13.9. The summed E-state index contributed by atoms with van der Waals surface area (Å²) in [5.41, 5.74) is 5.32. The Balaban J connectivity index is 1.67. The Morgan fingerprint density at radius 1 is 0.886 bits per heavy atom. The van der Waals surface area contributed by atoms with E-state index in [2.05, 4.69) is 24.4 Å². The van der Waals surface area contributed by atoms with Gasteiger partial charge in [0.25, 0.3) is 0 Å². The lowest BCUT2D eigenvalue weighted by molar-refractivity contribution is -0.141. The number of amides is 2. The van der Waals surface area contributed by atoms with Crippen LogP contribution in [0.25, 0.3) is 0 Å². The normalized spacial score (nSPS) is 14.5. The molecule has 35 heavy (non-hydrogen) atoms. The first kappa shape index (κ1) is 24.7. The second-order valence-electron chi connectivity index (χ2n) is 9.81. The van der Waals surface area contributed by atoms with Crippen molar-refractivity contribution in [1.29, 1.82) is 0 Å². The summed E-state index contributed by atoms with van der Waals surface area (Å²) in [5, 5.41) is 3.27. The van der Waals surface area contributed by atoms with Gasteiger partial charge in [-0.1, -0.05) is 97.3 Å². The molecule has 1 unspecified atom stereocenters. The third-order valence-corrected chi connectivity index (χ3v) is 7.01. The second kappa shape index (κ2) is 11.8. The maximum Gasteiger partial charge on any atom is 0.243 e. The number of aryl methyl sites for hydroxylation is 2. The molecule has 4 nitrogen and oxygen atoms in total. The van der Waals surface area contributed by atoms with Crippen LogP contribution in [0.5, 0.6) is 0 Å². The van der Waals surface area contributed by atoms with Crippen LogP contribution >= 0.6 is 0 Å². The summed E-state index contributed by atoms with van der Waals surface area (Å²) in [7, 11) is 0. The Hall–Kier alpha value is -3.40. The lowest BCUT2D eigenvalue weighted by Crippen LogP contribution is -2.52. The highest BCUT2D eigenvalue weighted by atomic mass is 16.2. The molecule has 1 saturated carbocycles. The van der Waals surface area contributed by atoms with E-state index in [9.17, 15) is 9.59 Å². The van der Waals surface area contributed by atoms with Crippen LogP contribution in [0.3, 0.4) is 0 Å². The molecule has 4 rings (SSSR count). The predicted molar refractivity (Wildman–Crippen MR) is 141 cm³/mol. The smallest absolute Gasteiger partial charge is 0.243 e. The Morgan fingerprint density at radius 2 is 1.57 bits per heavy atom. The lowest BCUT2D eigenvalue weighted by Gasteiger charge is -2.32. The minimum absolute atomic E-state index is 0.0247. The van der Waals surface area contributed by atoms with E-state index in [0.717, 1.165) is 53.5 Å². The third-order valence-electron chi connectivity index (χ3n) is 7.01. The first-order chi connectivity index (χ1) is 17.0. The summed E-state index contributed by atoms with van der Waals surface area (Å²) in [6.45, 7) is 4.49. The average Bonchev–Trinajstić information content (AvgIpc) is 3.36. The Kier molecular flexibility index (Phi) is 8.36. The number of nitrogens with zero attached hydrogens (tertiary/aromatic N) is 1. The molecule has 1 aliphatic rings. The largest absolute Gasteiger partial charge is 0.352 e. The van der Waals surface area contributed by atoms with E-state index < -0.39 is 6.04 Å². The van der Waals surface area contributed by atoms with Gasteiger partial charge < -0.3 is 10.2 Å². The summed E-state index contributed by atoms with van der Waals surface area (Å²) >= 11 is 0. The summed E-state index contributed by atoms with van der Waals surface area (Å²) in [5.74, 6) is -0.0742. The fourth-order valence-corrected chi connectivity index (χ4v) is 5.00. The lowest BCUT2D eigenvalue weighted by atomic mass is 9.99. The van der Waals surface area contributed by atoms with Crippen molar-refractivity contribution in [3.8, 4) is 0 Å². The van der Waals surface area contributed by atoms with Gasteiger partial charge in [-0.15, -0.1) is 0 Å². The van der Waals surface area contributed by atoms with Crippen LogP contribution in [0.1, 0.15) is 53.5 Å². The highest BCUT2D eigenvalue weighted by molar-refractivity contribution is 5.89. The van der Waals surface area contributed by atoms with E-state index in [4.69, 9.17) is 0 Å².